The Kier molecular flexibility index (Phi) is 6.15. The average molecular weight is 200 g/mol. The van der Waals surface area contributed by atoms with Gasteiger partial charge in [0.1, 0.15) is 0 Å². The Morgan fingerprint density at radius 2 is 2.00 bits per heavy atom. The second-order valence-corrected chi connectivity index (χ2v) is 3.85. The molecule has 1 fully saturated rings. The van der Waals surface area contributed by atoms with Crippen LogP contribution in [0.4, 0.5) is 0 Å². The van der Waals surface area contributed by atoms with Crippen molar-refractivity contribution in [3.8, 4) is 0 Å². The van der Waals surface area contributed by atoms with Gasteiger partial charge in [-0.1, -0.05) is 26.7 Å². The molecule has 0 amide bonds. The summed E-state index contributed by atoms with van der Waals surface area (Å²) >= 11 is 0. The van der Waals surface area contributed by atoms with E-state index in [4.69, 9.17) is 9.78 Å². The molecule has 14 heavy (non-hydrogen) atoms. The third-order valence-electron chi connectivity index (χ3n) is 2.43. The number of rotatable bonds is 6. The summed E-state index contributed by atoms with van der Waals surface area (Å²) in [6.07, 6.45) is 7.82. The Morgan fingerprint density at radius 1 is 1.29 bits per heavy atom. The van der Waals surface area contributed by atoms with Crippen LogP contribution < -0.4 is 5.32 Å². The summed E-state index contributed by atoms with van der Waals surface area (Å²) < 4.78 is 0. The average Bonchev–Trinajstić information content (AvgIpc) is 2.20. The van der Waals surface area contributed by atoms with Gasteiger partial charge in [0.25, 0.3) is 0 Å². The van der Waals surface area contributed by atoms with Crippen LogP contribution in [0, 0.1) is 6.23 Å². The first kappa shape index (κ1) is 12.0. The Balaban J connectivity index is 2.21. The summed E-state index contributed by atoms with van der Waals surface area (Å²) in [5, 5.41) is 3.43. The molecule has 0 saturated carbocycles. The zero-order valence-corrected chi connectivity index (χ0v) is 9.34. The Labute approximate surface area is 87.1 Å². The van der Waals surface area contributed by atoms with E-state index in [1.54, 1.807) is 0 Å². The van der Waals surface area contributed by atoms with Crippen molar-refractivity contribution in [2.45, 2.75) is 58.4 Å². The molecule has 3 heteroatoms. The van der Waals surface area contributed by atoms with Crippen molar-refractivity contribution >= 4 is 0 Å². The van der Waals surface area contributed by atoms with Gasteiger partial charge < -0.3 is 0 Å². The maximum atomic E-state index is 5.11. The van der Waals surface area contributed by atoms with Gasteiger partial charge in [-0.15, -0.1) is 0 Å². The molecule has 1 saturated heterocycles. The first-order valence-electron chi connectivity index (χ1n) is 5.78. The summed E-state index contributed by atoms with van der Waals surface area (Å²) in [6.45, 7) is 5.15. The number of nitrogens with one attached hydrogen (secondary N) is 1. The largest absolute Gasteiger partial charge is 0.280 e. The third kappa shape index (κ3) is 4.40. The molecule has 0 spiro atoms. The van der Waals surface area contributed by atoms with E-state index in [1.165, 1.54) is 25.7 Å². The predicted molar refractivity (Wildman–Crippen MR) is 56.3 cm³/mol. The van der Waals surface area contributed by atoms with Crippen molar-refractivity contribution in [2.24, 2.45) is 0 Å². The minimum Gasteiger partial charge on any atom is -0.280 e. The first-order valence-corrected chi connectivity index (χ1v) is 5.78. The normalized spacial score (nSPS) is 19.1. The quantitative estimate of drug-likeness (QED) is 0.669. The van der Waals surface area contributed by atoms with Crippen LogP contribution in [-0.4, -0.2) is 12.6 Å². The molecule has 1 aliphatic heterocycles. The molecule has 0 atom stereocenters. The van der Waals surface area contributed by atoms with Gasteiger partial charge in [0.15, 0.2) is 6.23 Å². The smallest absolute Gasteiger partial charge is 0.200 e. The van der Waals surface area contributed by atoms with Gasteiger partial charge in [-0.05, 0) is 25.7 Å². The fraction of sp³-hybridized carbons (Fsp3) is 0.909. The van der Waals surface area contributed by atoms with Crippen molar-refractivity contribution in [2.75, 3.05) is 6.61 Å². The van der Waals surface area contributed by atoms with Gasteiger partial charge in [-0.25, -0.2) is 9.78 Å². The van der Waals surface area contributed by atoms with E-state index in [-0.39, 0.29) is 0 Å². The van der Waals surface area contributed by atoms with Crippen LogP contribution in [0.25, 0.3) is 0 Å². The van der Waals surface area contributed by atoms with Crippen LogP contribution in [0.2, 0.25) is 0 Å². The summed E-state index contributed by atoms with van der Waals surface area (Å²) in [5.74, 6) is 0. The predicted octanol–water partition coefficient (Wildman–Crippen LogP) is 2.78. The van der Waals surface area contributed by atoms with E-state index >= 15 is 0 Å². The molecule has 1 radical (unpaired) electrons. The topological polar surface area (TPSA) is 30.5 Å². The lowest BCUT2D eigenvalue weighted by atomic mass is 10.1. The van der Waals surface area contributed by atoms with Crippen LogP contribution in [-0.2, 0) is 9.78 Å². The molecule has 0 aromatic rings. The minimum absolute atomic E-state index is 0.557. The van der Waals surface area contributed by atoms with Crippen LogP contribution >= 0.6 is 0 Å². The Bertz CT molecular complexity index is 129. The third-order valence-corrected chi connectivity index (χ3v) is 2.43. The maximum absolute atomic E-state index is 5.11. The molecule has 1 heterocycles. The van der Waals surface area contributed by atoms with E-state index in [0.717, 1.165) is 25.7 Å². The Hall–Kier alpha value is -0.120. The van der Waals surface area contributed by atoms with E-state index in [9.17, 15) is 0 Å². The molecule has 3 nitrogen and oxygen atoms in total. The lowest BCUT2D eigenvalue weighted by Crippen LogP contribution is -2.36. The summed E-state index contributed by atoms with van der Waals surface area (Å²) in [5.41, 5.74) is 0. The molecular formula is C11H22NO2. The van der Waals surface area contributed by atoms with Crippen LogP contribution in [0.3, 0.4) is 0 Å². The molecule has 1 N–H and O–H groups in total. The van der Waals surface area contributed by atoms with Gasteiger partial charge in [-0.3, -0.25) is 5.32 Å². The fourth-order valence-corrected chi connectivity index (χ4v) is 1.76. The lowest BCUT2D eigenvalue weighted by molar-refractivity contribution is -0.312. The lowest BCUT2D eigenvalue weighted by Gasteiger charge is -2.26. The van der Waals surface area contributed by atoms with Gasteiger partial charge in [0, 0.05) is 6.04 Å². The summed E-state index contributed by atoms with van der Waals surface area (Å²) in [7, 11) is 0. The van der Waals surface area contributed by atoms with E-state index in [0.29, 0.717) is 6.04 Å². The van der Waals surface area contributed by atoms with E-state index in [1.807, 2.05) is 0 Å². The molecule has 1 rings (SSSR count). The van der Waals surface area contributed by atoms with E-state index in [2.05, 4.69) is 19.2 Å². The highest BCUT2D eigenvalue weighted by atomic mass is 17.2. The monoisotopic (exact) mass is 200 g/mol. The fourth-order valence-electron chi connectivity index (χ4n) is 1.76. The van der Waals surface area contributed by atoms with Crippen molar-refractivity contribution in [1.82, 2.24) is 5.32 Å². The summed E-state index contributed by atoms with van der Waals surface area (Å²) in [6, 6.07) is 0.557. The molecule has 0 unspecified atom stereocenters. The number of hydrogen-bond donors (Lipinski definition) is 1. The van der Waals surface area contributed by atoms with Gasteiger partial charge in [-0.2, -0.15) is 0 Å². The van der Waals surface area contributed by atoms with Crippen molar-refractivity contribution in [3.63, 3.8) is 0 Å². The Morgan fingerprint density at radius 3 is 2.50 bits per heavy atom. The van der Waals surface area contributed by atoms with Crippen LogP contribution in [0.5, 0.6) is 0 Å². The van der Waals surface area contributed by atoms with Crippen LogP contribution in [0.1, 0.15) is 52.4 Å². The van der Waals surface area contributed by atoms with Crippen LogP contribution in [0.15, 0.2) is 0 Å². The van der Waals surface area contributed by atoms with Crippen molar-refractivity contribution < 1.29 is 9.78 Å². The second kappa shape index (κ2) is 7.21. The second-order valence-electron chi connectivity index (χ2n) is 3.85. The minimum atomic E-state index is 0.557. The van der Waals surface area contributed by atoms with Gasteiger partial charge >= 0.3 is 0 Å². The maximum Gasteiger partial charge on any atom is 0.200 e. The van der Waals surface area contributed by atoms with Gasteiger partial charge in [0.05, 0.1) is 6.61 Å². The molecule has 0 aromatic carbocycles. The highest BCUT2D eigenvalue weighted by Crippen LogP contribution is 2.17. The molecule has 0 aliphatic carbocycles. The standard InChI is InChI=1S/C11H22NO2/c1-3-6-10(7-4-2)12-11-8-5-9-13-14-11/h10,12H,3-9H2,1-2H3. The molecule has 0 bridgehead atoms. The molecular weight excluding hydrogens is 178 g/mol. The van der Waals surface area contributed by atoms with Crippen molar-refractivity contribution in [3.05, 3.63) is 6.23 Å². The summed E-state index contributed by atoms with van der Waals surface area (Å²) in [4.78, 5) is 10.0. The highest BCUT2D eigenvalue weighted by molar-refractivity contribution is 4.80. The highest BCUT2D eigenvalue weighted by Gasteiger charge is 2.19. The number of hydrogen-bond acceptors (Lipinski definition) is 3. The molecule has 83 valence electrons. The molecule has 0 aromatic heterocycles. The van der Waals surface area contributed by atoms with Crippen molar-refractivity contribution in [1.29, 1.82) is 0 Å². The SMILES string of the molecule is CCCC(CCC)N[C]1CCCOO1. The zero-order chi connectivity index (χ0) is 10.2. The van der Waals surface area contributed by atoms with E-state index < -0.39 is 0 Å². The first-order chi connectivity index (χ1) is 6.86. The molecule has 1 aliphatic rings. The van der Waals surface area contributed by atoms with Gasteiger partial charge in [0.2, 0.25) is 0 Å². The zero-order valence-electron chi connectivity index (χ0n) is 9.34.